The van der Waals surface area contributed by atoms with Gasteiger partial charge in [-0.15, -0.1) is 0 Å². The summed E-state index contributed by atoms with van der Waals surface area (Å²) in [6.07, 6.45) is 3.14. The van der Waals surface area contributed by atoms with Gasteiger partial charge in [-0.3, -0.25) is 4.79 Å². The van der Waals surface area contributed by atoms with E-state index in [1.807, 2.05) is 13.8 Å². The van der Waals surface area contributed by atoms with Crippen molar-refractivity contribution in [3.8, 4) is 0 Å². The minimum atomic E-state index is 0.127. The molecule has 1 atom stereocenters. The highest BCUT2D eigenvalue weighted by atomic mass is 16.5. The first-order valence-corrected chi connectivity index (χ1v) is 5.80. The minimum Gasteiger partial charge on any atom is -0.377 e. The molecule has 1 amide bonds. The third-order valence-electron chi connectivity index (χ3n) is 2.47. The molecular formula is C11H22N2O2. The summed E-state index contributed by atoms with van der Waals surface area (Å²) in [6, 6.07) is 0.385. The number of amides is 1. The van der Waals surface area contributed by atoms with Crippen LogP contribution in [0.15, 0.2) is 0 Å². The fourth-order valence-corrected chi connectivity index (χ4v) is 1.71. The maximum absolute atomic E-state index is 11.4. The van der Waals surface area contributed by atoms with Crippen LogP contribution in [0.3, 0.4) is 0 Å². The van der Waals surface area contributed by atoms with Crippen molar-refractivity contribution in [2.24, 2.45) is 0 Å². The van der Waals surface area contributed by atoms with Gasteiger partial charge < -0.3 is 15.4 Å². The van der Waals surface area contributed by atoms with Gasteiger partial charge in [-0.2, -0.15) is 0 Å². The molecule has 1 rings (SSSR count). The summed E-state index contributed by atoms with van der Waals surface area (Å²) >= 11 is 0. The molecule has 1 aliphatic heterocycles. The molecule has 2 N–H and O–H groups in total. The van der Waals surface area contributed by atoms with E-state index in [2.05, 4.69) is 10.6 Å². The van der Waals surface area contributed by atoms with Gasteiger partial charge in [0.05, 0.1) is 12.7 Å². The zero-order valence-corrected chi connectivity index (χ0v) is 9.71. The molecule has 4 heteroatoms. The Balaban J connectivity index is 1.98. The number of carbonyl (C=O) groups is 1. The van der Waals surface area contributed by atoms with E-state index in [1.54, 1.807) is 0 Å². The van der Waals surface area contributed by atoms with E-state index in [0.29, 0.717) is 25.6 Å². The molecule has 0 aromatic rings. The number of hydrogen-bond acceptors (Lipinski definition) is 3. The largest absolute Gasteiger partial charge is 0.377 e. The third kappa shape index (κ3) is 5.74. The number of carbonyl (C=O) groups excluding carboxylic acids is 1. The second-order valence-electron chi connectivity index (χ2n) is 4.27. The first-order chi connectivity index (χ1) is 7.18. The summed E-state index contributed by atoms with van der Waals surface area (Å²) < 4.78 is 5.33. The van der Waals surface area contributed by atoms with Crippen molar-refractivity contribution in [1.82, 2.24) is 10.6 Å². The average Bonchev–Trinajstić information content (AvgIpc) is 2.64. The van der Waals surface area contributed by atoms with Crippen LogP contribution in [0.4, 0.5) is 0 Å². The molecule has 0 bridgehead atoms. The molecule has 0 aromatic heterocycles. The number of hydrogen-bond donors (Lipinski definition) is 2. The van der Waals surface area contributed by atoms with Gasteiger partial charge in [0, 0.05) is 19.0 Å². The van der Waals surface area contributed by atoms with Gasteiger partial charge >= 0.3 is 0 Å². The van der Waals surface area contributed by atoms with E-state index in [1.165, 1.54) is 6.42 Å². The van der Waals surface area contributed by atoms with E-state index in [-0.39, 0.29) is 12.0 Å². The topological polar surface area (TPSA) is 50.4 Å². The summed E-state index contributed by atoms with van der Waals surface area (Å²) in [5, 5.41) is 6.17. The standard InChI is InChI=1S/C11H22N2O2/c1-9(2)15-7-6-13-11(14)8-10-4-3-5-12-10/h9-10,12H,3-8H2,1-2H3,(H,13,14). The summed E-state index contributed by atoms with van der Waals surface area (Å²) in [5.41, 5.74) is 0. The van der Waals surface area contributed by atoms with Crippen molar-refractivity contribution in [3.05, 3.63) is 0 Å². The molecule has 4 nitrogen and oxygen atoms in total. The maximum Gasteiger partial charge on any atom is 0.221 e. The molecule has 1 fully saturated rings. The van der Waals surface area contributed by atoms with Crippen molar-refractivity contribution >= 4 is 5.91 Å². The summed E-state index contributed by atoms with van der Waals surface area (Å²) in [4.78, 5) is 11.4. The molecule has 0 aliphatic carbocycles. The molecule has 0 aromatic carbocycles. The van der Waals surface area contributed by atoms with E-state index < -0.39 is 0 Å². The second-order valence-corrected chi connectivity index (χ2v) is 4.27. The Bertz CT molecular complexity index is 189. The fourth-order valence-electron chi connectivity index (χ4n) is 1.71. The van der Waals surface area contributed by atoms with Gasteiger partial charge in [0.1, 0.15) is 0 Å². The van der Waals surface area contributed by atoms with Gasteiger partial charge in [-0.1, -0.05) is 0 Å². The Labute approximate surface area is 91.8 Å². The van der Waals surface area contributed by atoms with Gasteiger partial charge in [0.15, 0.2) is 0 Å². The van der Waals surface area contributed by atoms with Gasteiger partial charge in [0.2, 0.25) is 5.91 Å². The Kier molecular flexibility index (Phi) is 5.65. The van der Waals surface area contributed by atoms with E-state index in [4.69, 9.17) is 4.74 Å². The number of rotatable bonds is 6. The van der Waals surface area contributed by atoms with Crippen molar-refractivity contribution in [3.63, 3.8) is 0 Å². The SMILES string of the molecule is CC(C)OCCNC(=O)CC1CCCN1. The maximum atomic E-state index is 11.4. The Morgan fingerprint density at radius 3 is 3.00 bits per heavy atom. The molecule has 0 saturated carbocycles. The van der Waals surface area contributed by atoms with Crippen LogP contribution in [0.25, 0.3) is 0 Å². The lowest BCUT2D eigenvalue weighted by Crippen LogP contribution is -2.33. The number of ether oxygens (including phenoxy) is 1. The van der Waals surface area contributed by atoms with Crippen LogP contribution < -0.4 is 10.6 Å². The van der Waals surface area contributed by atoms with Crippen molar-refractivity contribution in [2.45, 2.75) is 45.3 Å². The van der Waals surface area contributed by atoms with Crippen LogP contribution in [0.1, 0.15) is 33.1 Å². The van der Waals surface area contributed by atoms with E-state index in [9.17, 15) is 4.79 Å². The normalized spacial score (nSPS) is 20.9. The highest BCUT2D eigenvalue weighted by molar-refractivity contribution is 5.76. The predicted octanol–water partition coefficient (Wildman–Crippen LogP) is 0.670. The predicted molar refractivity (Wildman–Crippen MR) is 59.7 cm³/mol. The molecule has 1 heterocycles. The van der Waals surface area contributed by atoms with Crippen molar-refractivity contribution < 1.29 is 9.53 Å². The molecular weight excluding hydrogens is 192 g/mol. The highest BCUT2D eigenvalue weighted by Gasteiger charge is 2.16. The third-order valence-corrected chi connectivity index (χ3v) is 2.47. The van der Waals surface area contributed by atoms with Crippen LogP contribution in [0.5, 0.6) is 0 Å². The Morgan fingerprint density at radius 2 is 2.40 bits per heavy atom. The van der Waals surface area contributed by atoms with Gasteiger partial charge in [0.25, 0.3) is 0 Å². The van der Waals surface area contributed by atoms with Crippen LogP contribution in [0, 0.1) is 0 Å². The Hall–Kier alpha value is -0.610. The molecule has 88 valence electrons. The fraction of sp³-hybridized carbons (Fsp3) is 0.909. The molecule has 0 spiro atoms. The molecule has 1 unspecified atom stereocenters. The summed E-state index contributed by atoms with van der Waals surface area (Å²) in [6.45, 7) is 6.24. The summed E-state index contributed by atoms with van der Waals surface area (Å²) in [5.74, 6) is 0.127. The minimum absolute atomic E-state index is 0.127. The van der Waals surface area contributed by atoms with Crippen LogP contribution in [0.2, 0.25) is 0 Å². The van der Waals surface area contributed by atoms with Gasteiger partial charge in [-0.25, -0.2) is 0 Å². The summed E-state index contributed by atoms with van der Waals surface area (Å²) in [7, 11) is 0. The Morgan fingerprint density at radius 1 is 1.60 bits per heavy atom. The zero-order chi connectivity index (χ0) is 11.1. The van der Waals surface area contributed by atoms with Gasteiger partial charge in [-0.05, 0) is 33.2 Å². The lowest BCUT2D eigenvalue weighted by atomic mass is 10.1. The highest BCUT2D eigenvalue weighted by Crippen LogP contribution is 2.07. The van der Waals surface area contributed by atoms with E-state index >= 15 is 0 Å². The average molecular weight is 214 g/mol. The second kappa shape index (κ2) is 6.80. The van der Waals surface area contributed by atoms with Crippen LogP contribution >= 0.6 is 0 Å². The van der Waals surface area contributed by atoms with Crippen LogP contribution in [-0.2, 0) is 9.53 Å². The molecule has 15 heavy (non-hydrogen) atoms. The lowest BCUT2D eigenvalue weighted by Gasteiger charge is -2.11. The van der Waals surface area contributed by atoms with Crippen LogP contribution in [-0.4, -0.2) is 37.7 Å². The molecule has 1 aliphatic rings. The monoisotopic (exact) mass is 214 g/mol. The number of nitrogens with one attached hydrogen (secondary N) is 2. The van der Waals surface area contributed by atoms with Crippen molar-refractivity contribution in [2.75, 3.05) is 19.7 Å². The smallest absolute Gasteiger partial charge is 0.221 e. The van der Waals surface area contributed by atoms with Crippen molar-refractivity contribution in [1.29, 1.82) is 0 Å². The van der Waals surface area contributed by atoms with E-state index in [0.717, 1.165) is 13.0 Å². The molecule has 1 saturated heterocycles. The quantitative estimate of drug-likeness (QED) is 0.639. The first-order valence-electron chi connectivity index (χ1n) is 5.80. The molecule has 0 radical (unpaired) electrons. The first kappa shape index (κ1) is 12.5. The zero-order valence-electron chi connectivity index (χ0n) is 9.71. The lowest BCUT2D eigenvalue weighted by molar-refractivity contribution is -0.121.